The van der Waals surface area contributed by atoms with E-state index in [2.05, 4.69) is 5.10 Å². The highest BCUT2D eigenvalue weighted by Crippen LogP contribution is 2.18. The number of benzene rings is 1. The fraction of sp³-hybridized carbons (Fsp3) is 0.312. The summed E-state index contributed by atoms with van der Waals surface area (Å²) in [5, 5.41) is 4.13. The van der Waals surface area contributed by atoms with Crippen LogP contribution in [0.4, 0.5) is 0 Å². The van der Waals surface area contributed by atoms with Gasteiger partial charge < -0.3 is 4.90 Å². The zero-order valence-electron chi connectivity index (χ0n) is 13.1. The highest BCUT2D eigenvalue weighted by atomic mass is 32.2. The lowest BCUT2D eigenvalue weighted by Gasteiger charge is -2.23. The monoisotopic (exact) mass is 347 g/mol. The molecule has 126 valence electrons. The number of carbonyl (C=O) groups excluding carboxylic acids is 1. The summed E-state index contributed by atoms with van der Waals surface area (Å²) in [6, 6.07) is 11.1. The number of aromatic nitrogens is 2. The molecule has 8 heteroatoms. The molecule has 1 atom stereocenters. The van der Waals surface area contributed by atoms with E-state index in [1.807, 2.05) is 6.07 Å². The van der Waals surface area contributed by atoms with Crippen molar-refractivity contribution in [3.63, 3.8) is 0 Å². The Kier molecular flexibility index (Phi) is 4.23. The molecule has 24 heavy (non-hydrogen) atoms. The molecule has 0 saturated carbocycles. The van der Waals surface area contributed by atoms with Gasteiger partial charge >= 0.3 is 0 Å². The van der Waals surface area contributed by atoms with E-state index in [-0.39, 0.29) is 28.8 Å². The molecule has 0 N–H and O–H groups in total. The molecule has 7 nitrogen and oxygen atoms in total. The summed E-state index contributed by atoms with van der Waals surface area (Å²) in [5.74, 6) is -0.346. The van der Waals surface area contributed by atoms with Crippen molar-refractivity contribution in [1.29, 1.82) is 0 Å². The van der Waals surface area contributed by atoms with Gasteiger partial charge in [-0.25, -0.2) is 8.42 Å². The summed E-state index contributed by atoms with van der Waals surface area (Å²) in [7, 11) is -1.52. The van der Waals surface area contributed by atoms with Crippen molar-refractivity contribution in [2.75, 3.05) is 18.6 Å². The second-order valence-corrected chi connectivity index (χ2v) is 8.01. The molecule has 1 aromatic heterocycles. The first-order chi connectivity index (χ1) is 11.4. The summed E-state index contributed by atoms with van der Waals surface area (Å²) < 4.78 is 24.3. The van der Waals surface area contributed by atoms with Crippen molar-refractivity contribution < 1.29 is 13.2 Å². The van der Waals surface area contributed by atoms with Gasteiger partial charge in [0, 0.05) is 19.2 Å². The quantitative estimate of drug-likeness (QED) is 0.806. The Bertz CT molecular complexity index is 922. The Hall–Kier alpha value is -2.48. The fourth-order valence-corrected chi connectivity index (χ4v) is 4.48. The van der Waals surface area contributed by atoms with Crippen LogP contribution >= 0.6 is 0 Å². The minimum atomic E-state index is -3.08. The number of nitrogens with zero attached hydrogens (tertiary/aromatic N) is 3. The number of hydrogen-bond donors (Lipinski definition) is 0. The lowest BCUT2D eigenvalue weighted by Crippen LogP contribution is -2.39. The molecule has 2 aromatic rings. The normalized spacial score (nSPS) is 19.1. The van der Waals surface area contributed by atoms with Crippen LogP contribution in [0, 0.1) is 0 Å². The molecule has 2 heterocycles. The van der Waals surface area contributed by atoms with Crippen LogP contribution in [0.15, 0.2) is 47.3 Å². The van der Waals surface area contributed by atoms with E-state index in [4.69, 9.17) is 0 Å². The van der Waals surface area contributed by atoms with Gasteiger partial charge in [0.2, 0.25) is 0 Å². The van der Waals surface area contributed by atoms with Crippen LogP contribution in [0.5, 0.6) is 0 Å². The van der Waals surface area contributed by atoms with Crippen molar-refractivity contribution in [2.24, 2.45) is 0 Å². The minimum absolute atomic E-state index is 0.0342. The predicted molar refractivity (Wildman–Crippen MR) is 89.0 cm³/mol. The summed E-state index contributed by atoms with van der Waals surface area (Å²) in [6.45, 7) is 0. The third-order valence-electron chi connectivity index (χ3n) is 4.10. The van der Waals surface area contributed by atoms with Crippen LogP contribution in [0.2, 0.25) is 0 Å². The maximum absolute atomic E-state index is 12.6. The van der Waals surface area contributed by atoms with Crippen LogP contribution in [0.25, 0.3) is 5.69 Å². The van der Waals surface area contributed by atoms with E-state index in [9.17, 15) is 18.0 Å². The molecule has 0 spiro atoms. The van der Waals surface area contributed by atoms with Crippen LogP contribution in [0.3, 0.4) is 0 Å². The Morgan fingerprint density at radius 2 is 1.92 bits per heavy atom. The molecule has 3 rings (SSSR count). The lowest BCUT2D eigenvalue weighted by atomic mass is 10.2. The van der Waals surface area contributed by atoms with E-state index in [0.717, 1.165) is 4.68 Å². The number of carbonyl (C=O) groups is 1. The Morgan fingerprint density at radius 3 is 2.54 bits per heavy atom. The van der Waals surface area contributed by atoms with Crippen LogP contribution in [-0.4, -0.2) is 53.6 Å². The summed E-state index contributed by atoms with van der Waals surface area (Å²) in [4.78, 5) is 26.0. The minimum Gasteiger partial charge on any atom is -0.336 e. The molecule has 1 fully saturated rings. The second-order valence-electron chi connectivity index (χ2n) is 5.78. The molecular formula is C16H17N3O4S. The van der Waals surface area contributed by atoms with Crippen molar-refractivity contribution in [1.82, 2.24) is 14.7 Å². The molecule has 1 aliphatic heterocycles. The summed E-state index contributed by atoms with van der Waals surface area (Å²) >= 11 is 0. The van der Waals surface area contributed by atoms with Gasteiger partial charge in [0.05, 0.1) is 17.2 Å². The van der Waals surface area contributed by atoms with Crippen molar-refractivity contribution >= 4 is 15.7 Å². The van der Waals surface area contributed by atoms with E-state index in [1.54, 1.807) is 31.3 Å². The van der Waals surface area contributed by atoms with Crippen LogP contribution in [-0.2, 0) is 9.84 Å². The maximum atomic E-state index is 12.6. The molecule has 0 aliphatic carbocycles. The maximum Gasteiger partial charge on any atom is 0.274 e. The smallest absolute Gasteiger partial charge is 0.274 e. The molecule has 1 aromatic carbocycles. The predicted octanol–water partition coefficient (Wildman–Crippen LogP) is 0.492. The lowest BCUT2D eigenvalue weighted by molar-refractivity contribution is 0.0739. The third kappa shape index (κ3) is 3.23. The number of rotatable bonds is 3. The number of para-hydroxylation sites is 1. The standard InChI is InChI=1S/C16H17N3O4S/c1-18(13-9-10-24(22,23)11-13)16(21)14-7-8-15(20)19(17-14)12-5-3-2-4-6-12/h2-8,13H,9-11H2,1H3/t13-/m1/s1. The molecular weight excluding hydrogens is 330 g/mol. The van der Waals surface area contributed by atoms with Crippen LogP contribution < -0.4 is 5.56 Å². The average Bonchev–Trinajstić information content (AvgIpc) is 2.95. The van der Waals surface area contributed by atoms with E-state index in [1.165, 1.54) is 17.0 Å². The highest BCUT2D eigenvalue weighted by Gasteiger charge is 2.33. The number of hydrogen-bond acceptors (Lipinski definition) is 5. The fourth-order valence-electron chi connectivity index (χ4n) is 2.71. The van der Waals surface area contributed by atoms with Gasteiger partial charge in [-0.15, -0.1) is 0 Å². The highest BCUT2D eigenvalue weighted by molar-refractivity contribution is 7.91. The topological polar surface area (TPSA) is 89.3 Å². The van der Waals surface area contributed by atoms with Gasteiger partial charge in [-0.1, -0.05) is 18.2 Å². The second kappa shape index (κ2) is 6.20. The van der Waals surface area contributed by atoms with Crippen molar-refractivity contribution in [3.8, 4) is 5.69 Å². The summed E-state index contributed by atoms with van der Waals surface area (Å²) in [5.41, 5.74) is 0.317. The van der Waals surface area contributed by atoms with E-state index in [0.29, 0.717) is 12.1 Å². The molecule has 1 aliphatic rings. The average molecular weight is 347 g/mol. The van der Waals surface area contributed by atoms with Gasteiger partial charge in [0.25, 0.3) is 11.5 Å². The summed E-state index contributed by atoms with van der Waals surface area (Å²) in [6.07, 6.45) is 0.420. The molecule has 0 radical (unpaired) electrons. The van der Waals surface area contributed by atoms with E-state index < -0.39 is 15.7 Å². The van der Waals surface area contributed by atoms with E-state index >= 15 is 0 Å². The largest absolute Gasteiger partial charge is 0.336 e. The molecule has 1 amide bonds. The molecule has 0 unspecified atom stereocenters. The Balaban J connectivity index is 1.90. The Morgan fingerprint density at radius 1 is 1.21 bits per heavy atom. The van der Waals surface area contributed by atoms with Gasteiger partial charge in [-0.3, -0.25) is 9.59 Å². The number of sulfone groups is 1. The van der Waals surface area contributed by atoms with Gasteiger partial charge in [-0.05, 0) is 24.6 Å². The zero-order valence-corrected chi connectivity index (χ0v) is 13.9. The van der Waals surface area contributed by atoms with Crippen molar-refractivity contribution in [2.45, 2.75) is 12.5 Å². The zero-order chi connectivity index (χ0) is 17.3. The van der Waals surface area contributed by atoms with Gasteiger partial charge in [-0.2, -0.15) is 9.78 Å². The third-order valence-corrected chi connectivity index (χ3v) is 5.85. The SMILES string of the molecule is CN(C(=O)c1ccc(=O)n(-c2ccccc2)n1)[C@@H]1CCS(=O)(=O)C1. The molecule has 1 saturated heterocycles. The van der Waals surface area contributed by atoms with Gasteiger partial charge in [0.1, 0.15) is 5.69 Å². The first-order valence-electron chi connectivity index (χ1n) is 7.51. The first-order valence-corrected chi connectivity index (χ1v) is 9.33. The molecule has 0 bridgehead atoms. The van der Waals surface area contributed by atoms with Gasteiger partial charge in [0.15, 0.2) is 9.84 Å². The number of amides is 1. The first kappa shape index (κ1) is 16.4. The van der Waals surface area contributed by atoms with Crippen molar-refractivity contribution in [3.05, 3.63) is 58.5 Å². The Labute approximate surface area is 139 Å². The van der Waals surface area contributed by atoms with Crippen LogP contribution in [0.1, 0.15) is 16.9 Å².